The first-order valence-electron chi connectivity index (χ1n) is 4.60. The molecule has 0 atom stereocenters. The maximum Gasteiger partial charge on any atom is 0.259 e. The molecule has 0 bridgehead atoms. The van der Waals surface area contributed by atoms with E-state index in [1.165, 1.54) is 12.1 Å². The first-order valence-corrected chi connectivity index (χ1v) is 4.60. The minimum absolute atomic E-state index is 0.128. The number of hydrogen-bond donors (Lipinski definition) is 0. The van der Waals surface area contributed by atoms with Crippen molar-refractivity contribution >= 4 is 5.91 Å². The summed E-state index contributed by atoms with van der Waals surface area (Å²) >= 11 is 0. The molecule has 0 aliphatic carbocycles. The number of carbonyl (C=O) groups is 1. The molecule has 3 nitrogen and oxygen atoms in total. The van der Waals surface area contributed by atoms with Gasteiger partial charge in [-0.2, -0.15) is 0 Å². The standard InChI is InChI=1S/C10H14N2O/c1-11-6-3-4-9(11)8-5-7-12(2)10(8)13/h5,7H,3-4,6H2,1-2H3/b9-8+. The zero-order chi connectivity index (χ0) is 9.42. The zero-order valence-electron chi connectivity index (χ0n) is 8.08. The predicted octanol–water partition coefficient (Wildman–Crippen LogP) is 0.952. The van der Waals surface area contributed by atoms with Gasteiger partial charge in [-0.1, -0.05) is 0 Å². The number of hydrogen-bond acceptors (Lipinski definition) is 2. The molecule has 1 fully saturated rings. The highest BCUT2D eigenvalue weighted by atomic mass is 16.2. The highest BCUT2D eigenvalue weighted by Gasteiger charge is 2.25. The van der Waals surface area contributed by atoms with Gasteiger partial charge in [-0.15, -0.1) is 0 Å². The first kappa shape index (κ1) is 8.35. The number of nitrogens with zero attached hydrogens (tertiary/aromatic N) is 2. The summed E-state index contributed by atoms with van der Waals surface area (Å²) in [5, 5.41) is 0. The van der Waals surface area contributed by atoms with Crippen molar-refractivity contribution in [1.29, 1.82) is 0 Å². The Balaban J connectivity index is 2.34. The zero-order valence-corrected chi connectivity index (χ0v) is 8.08. The quantitative estimate of drug-likeness (QED) is 0.516. The second-order valence-electron chi connectivity index (χ2n) is 3.62. The maximum atomic E-state index is 11.6. The minimum Gasteiger partial charge on any atom is -0.377 e. The Morgan fingerprint density at radius 1 is 1.38 bits per heavy atom. The molecule has 13 heavy (non-hydrogen) atoms. The van der Waals surface area contributed by atoms with Crippen molar-refractivity contribution in [3.05, 3.63) is 23.5 Å². The lowest BCUT2D eigenvalue weighted by atomic mass is 10.1. The molecule has 1 saturated heterocycles. The van der Waals surface area contributed by atoms with Crippen molar-refractivity contribution in [2.45, 2.75) is 12.8 Å². The largest absolute Gasteiger partial charge is 0.377 e. The van der Waals surface area contributed by atoms with Gasteiger partial charge in [-0.25, -0.2) is 0 Å². The van der Waals surface area contributed by atoms with E-state index in [-0.39, 0.29) is 5.91 Å². The van der Waals surface area contributed by atoms with Crippen LogP contribution in [0.25, 0.3) is 0 Å². The topological polar surface area (TPSA) is 23.6 Å². The fourth-order valence-corrected chi connectivity index (χ4v) is 1.88. The molecule has 0 N–H and O–H groups in total. The van der Waals surface area contributed by atoms with Crippen molar-refractivity contribution in [2.75, 3.05) is 20.6 Å². The SMILES string of the molecule is CN1C=C/C(=C2/CCCN2C)C1=O. The van der Waals surface area contributed by atoms with Crippen LogP contribution in [-0.2, 0) is 4.79 Å². The van der Waals surface area contributed by atoms with Crippen LogP contribution in [0.4, 0.5) is 0 Å². The van der Waals surface area contributed by atoms with Crippen LogP contribution in [0.2, 0.25) is 0 Å². The summed E-state index contributed by atoms with van der Waals surface area (Å²) in [7, 11) is 3.84. The number of likely N-dealkylation sites (tertiary alicyclic amines) is 1. The molecular formula is C10H14N2O. The molecule has 0 radical (unpaired) electrons. The average Bonchev–Trinajstić information content (AvgIpc) is 2.62. The summed E-state index contributed by atoms with van der Waals surface area (Å²) in [6.07, 6.45) is 5.95. The second kappa shape index (κ2) is 2.91. The van der Waals surface area contributed by atoms with Crippen LogP contribution in [0.15, 0.2) is 23.5 Å². The maximum absolute atomic E-state index is 11.6. The summed E-state index contributed by atoms with van der Waals surface area (Å²) in [6, 6.07) is 0. The minimum atomic E-state index is 0.128. The molecule has 2 rings (SSSR count). The predicted molar refractivity (Wildman–Crippen MR) is 50.8 cm³/mol. The van der Waals surface area contributed by atoms with Crippen LogP contribution in [0, 0.1) is 0 Å². The van der Waals surface area contributed by atoms with E-state index in [1.54, 1.807) is 11.9 Å². The number of amides is 1. The van der Waals surface area contributed by atoms with Crippen molar-refractivity contribution in [3.63, 3.8) is 0 Å². The van der Waals surface area contributed by atoms with Gasteiger partial charge in [0.1, 0.15) is 0 Å². The van der Waals surface area contributed by atoms with Gasteiger partial charge in [0, 0.05) is 32.5 Å². The van der Waals surface area contributed by atoms with Gasteiger partial charge in [-0.3, -0.25) is 4.79 Å². The Kier molecular flexibility index (Phi) is 1.87. The Bertz CT molecular complexity index is 304. The van der Waals surface area contributed by atoms with E-state index in [0.29, 0.717) is 0 Å². The number of allylic oxidation sites excluding steroid dienone is 1. The monoisotopic (exact) mass is 178 g/mol. The molecule has 2 heterocycles. The van der Waals surface area contributed by atoms with Gasteiger partial charge in [-0.05, 0) is 18.9 Å². The highest BCUT2D eigenvalue weighted by Crippen LogP contribution is 2.26. The lowest BCUT2D eigenvalue weighted by molar-refractivity contribution is -0.122. The normalized spacial score (nSPS) is 28.0. The molecule has 70 valence electrons. The number of carbonyl (C=O) groups excluding carboxylic acids is 1. The molecule has 3 heteroatoms. The van der Waals surface area contributed by atoms with E-state index < -0.39 is 0 Å². The first-order chi connectivity index (χ1) is 6.20. The van der Waals surface area contributed by atoms with Crippen molar-refractivity contribution in [3.8, 4) is 0 Å². The summed E-state index contributed by atoms with van der Waals surface area (Å²) in [5.74, 6) is 0.128. The van der Waals surface area contributed by atoms with E-state index in [1.807, 2.05) is 12.3 Å². The molecule has 0 aromatic rings. The fourth-order valence-electron chi connectivity index (χ4n) is 1.88. The Hall–Kier alpha value is -1.25. The van der Waals surface area contributed by atoms with Crippen LogP contribution < -0.4 is 0 Å². The number of likely N-dealkylation sites (N-methyl/N-ethyl adjacent to an activating group) is 1. The Labute approximate surface area is 78.3 Å². The molecule has 1 amide bonds. The van der Waals surface area contributed by atoms with Crippen LogP contribution >= 0.6 is 0 Å². The van der Waals surface area contributed by atoms with Gasteiger partial charge in [0.05, 0.1) is 5.57 Å². The average molecular weight is 178 g/mol. The van der Waals surface area contributed by atoms with E-state index in [2.05, 4.69) is 11.9 Å². The summed E-state index contributed by atoms with van der Waals surface area (Å²) in [4.78, 5) is 15.4. The molecule has 0 spiro atoms. The van der Waals surface area contributed by atoms with E-state index in [9.17, 15) is 4.79 Å². The van der Waals surface area contributed by atoms with Crippen molar-refractivity contribution in [2.24, 2.45) is 0 Å². The second-order valence-corrected chi connectivity index (χ2v) is 3.62. The molecular weight excluding hydrogens is 164 g/mol. The molecule has 0 aromatic carbocycles. The van der Waals surface area contributed by atoms with Crippen molar-refractivity contribution < 1.29 is 4.79 Å². The molecule has 0 unspecified atom stereocenters. The summed E-state index contributed by atoms with van der Waals surface area (Å²) < 4.78 is 0. The lowest BCUT2D eigenvalue weighted by Gasteiger charge is -2.15. The van der Waals surface area contributed by atoms with Gasteiger partial charge in [0.25, 0.3) is 5.91 Å². The van der Waals surface area contributed by atoms with Crippen molar-refractivity contribution in [1.82, 2.24) is 9.80 Å². The molecule has 0 aromatic heterocycles. The van der Waals surface area contributed by atoms with Crippen LogP contribution in [0.5, 0.6) is 0 Å². The van der Waals surface area contributed by atoms with Crippen LogP contribution in [0.1, 0.15) is 12.8 Å². The summed E-state index contributed by atoms with van der Waals surface area (Å²) in [6.45, 7) is 1.07. The van der Waals surface area contributed by atoms with E-state index >= 15 is 0 Å². The highest BCUT2D eigenvalue weighted by molar-refractivity contribution is 6.00. The Morgan fingerprint density at radius 3 is 2.62 bits per heavy atom. The fraction of sp³-hybridized carbons (Fsp3) is 0.500. The van der Waals surface area contributed by atoms with Gasteiger partial charge in [0.15, 0.2) is 0 Å². The third kappa shape index (κ3) is 1.24. The van der Waals surface area contributed by atoms with Gasteiger partial charge >= 0.3 is 0 Å². The number of rotatable bonds is 0. The molecule has 2 aliphatic rings. The third-order valence-electron chi connectivity index (χ3n) is 2.69. The van der Waals surface area contributed by atoms with Crippen LogP contribution in [0.3, 0.4) is 0 Å². The molecule has 0 saturated carbocycles. The van der Waals surface area contributed by atoms with Gasteiger partial charge in [0.2, 0.25) is 0 Å². The smallest absolute Gasteiger partial charge is 0.259 e. The van der Waals surface area contributed by atoms with E-state index in [0.717, 1.165) is 18.5 Å². The third-order valence-corrected chi connectivity index (χ3v) is 2.69. The Morgan fingerprint density at radius 2 is 2.15 bits per heavy atom. The summed E-state index contributed by atoms with van der Waals surface area (Å²) in [5.41, 5.74) is 2.08. The lowest BCUT2D eigenvalue weighted by Crippen LogP contribution is -2.20. The molecule has 2 aliphatic heterocycles. The van der Waals surface area contributed by atoms with Gasteiger partial charge < -0.3 is 9.80 Å². The van der Waals surface area contributed by atoms with Crippen LogP contribution in [-0.4, -0.2) is 36.3 Å². The van der Waals surface area contributed by atoms with E-state index in [4.69, 9.17) is 0 Å².